The highest BCUT2D eigenvalue weighted by atomic mass is 19.1. The van der Waals surface area contributed by atoms with Crippen LogP contribution in [-0.4, -0.2) is 24.7 Å². The molecule has 2 N–H and O–H groups in total. The van der Waals surface area contributed by atoms with Crippen molar-refractivity contribution in [3.8, 4) is 0 Å². The summed E-state index contributed by atoms with van der Waals surface area (Å²) in [5, 5.41) is 13.3. The first-order valence-corrected chi connectivity index (χ1v) is 7.60. The average Bonchev–Trinajstić information content (AvgIpc) is 2.87. The van der Waals surface area contributed by atoms with Gasteiger partial charge in [0.05, 0.1) is 13.2 Å². The number of amides is 1. The van der Waals surface area contributed by atoms with Crippen molar-refractivity contribution in [2.24, 2.45) is 0 Å². The fourth-order valence-electron chi connectivity index (χ4n) is 2.60. The van der Waals surface area contributed by atoms with Crippen LogP contribution in [0.2, 0.25) is 0 Å². The van der Waals surface area contributed by atoms with Crippen LogP contribution in [-0.2, 0) is 16.9 Å². The molecule has 0 fully saturated rings. The highest BCUT2D eigenvalue weighted by Crippen LogP contribution is 2.26. The van der Waals surface area contributed by atoms with E-state index in [4.69, 9.17) is 9.15 Å². The molecule has 0 aliphatic carbocycles. The number of benzene rings is 1. The van der Waals surface area contributed by atoms with Crippen LogP contribution in [0, 0.1) is 19.7 Å². The second kappa shape index (κ2) is 7.15. The molecule has 1 heterocycles. The maximum atomic E-state index is 13.6. The monoisotopic (exact) mass is 335 g/mol. The number of carbonyl (C=O) groups is 1. The molecule has 130 valence electrons. The number of hydrogen-bond acceptors (Lipinski definition) is 4. The minimum Gasteiger partial charge on any atom is -0.466 e. The van der Waals surface area contributed by atoms with Gasteiger partial charge in [0.25, 0.3) is 5.91 Å². The summed E-state index contributed by atoms with van der Waals surface area (Å²) in [7, 11) is 1.46. The lowest BCUT2D eigenvalue weighted by Gasteiger charge is -2.23. The SMILES string of the molecule is COCc1cc(C(=O)NCC(C)(O)c2cc(C)oc2C)ccc1F. The Hall–Kier alpha value is -2.18. The average molecular weight is 335 g/mol. The van der Waals surface area contributed by atoms with Gasteiger partial charge in [-0.1, -0.05) is 0 Å². The molecule has 2 aromatic rings. The normalized spacial score (nSPS) is 13.6. The number of aliphatic hydroxyl groups is 1. The topological polar surface area (TPSA) is 71.7 Å². The van der Waals surface area contributed by atoms with Crippen molar-refractivity contribution in [2.45, 2.75) is 33.0 Å². The lowest BCUT2D eigenvalue weighted by molar-refractivity contribution is 0.0514. The molecule has 0 aliphatic heterocycles. The molecule has 1 unspecified atom stereocenters. The van der Waals surface area contributed by atoms with Crippen LogP contribution in [0.25, 0.3) is 0 Å². The van der Waals surface area contributed by atoms with Crippen LogP contribution in [0.1, 0.15) is 39.9 Å². The first kappa shape index (κ1) is 18.2. The van der Waals surface area contributed by atoms with Gasteiger partial charge >= 0.3 is 0 Å². The van der Waals surface area contributed by atoms with Gasteiger partial charge in [0.2, 0.25) is 0 Å². The number of ether oxygens (including phenoxy) is 1. The molecule has 6 heteroatoms. The highest BCUT2D eigenvalue weighted by molar-refractivity contribution is 5.94. The second-order valence-corrected chi connectivity index (χ2v) is 6.02. The van der Waals surface area contributed by atoms with Crippen LogP contribution in [0.5, 0.6) is 0 Å². The molecule has 0 saturated heterocycles. The largest absolute Gasteiger partial charge is 0.466 e. The van der Waals surface area contributed by atoms with Crippen LogP contribution in [0.4, 0.5) is 4.39 Å². The van der Waals surface area contributed by atoms with Crippen molar-refractivity contribution in [1.82, 2.24) is 5.32 Å². The van der Waals surface area contributed by atoms with Crippen molar-refractivity contribution < 1.29 is 23.4 Å². The number of carbonyl (C=O) groups excluding carboxylic acids is 1. The number of halogens is 1. The molecule has 5 nitrogen and oxygen atoms in total. The fraction of sp³-hybridized carbons (Fsp3) is 0.389. The van der Waals surface area contributed by atoms with Gasteiger partial charge in [0, 0.05) is 23.8 Å². The van der Waals surface area contributed by atoms with Crippen molar-refractivity contribution >= 4 is 5.91 Å². The van der Waals surface area contributed by atoms with Gasteiger partial charge in [0.1, 0.15) is 22.9 Å². The molecule has 0 bridgehead atoms. The first-order chi connectivity index (χ1) is 11.2. The Kier molecular flexibility index (Phi) is 5.41. The van der Waals surface area contributed by atoms with E-state index in [-0.39, 0.29) is 13.2 Å². The predicted octanol–water partition coefficient (Wildman–Crippen LogP) is 2.82. The summed E-state index contributed by atoms with van der Waals surface area (Å²) >= 11 is 0. The van der Waals surface area contributed by atoms with Crippen molar-refractivity contribution in [2.75, 3.05) is 13.7 Å². The quantitative estimate of drug-likeness (QED) is 0.851. The summed E-state index contributed by atoms with van der Waals surface area (Å²) in [6.45, 7) is 5.24. The Morgan fingerprint density at radius 3 is 2.67 bits per heavy atom. The number of nitrogens with one attached hydrogen (secondary N) is 1. The molecule has 1 amide bonds. The maximum absolute atomic E-state index is 13.6. The van der Waals surface area contributed by atoms with Crippen LogP contribution in [0.15, 0.2) is 28.7 Å². The third-order valence-corrected chi connectivity index (χ3v) is 3.82. The van der Waals surface area contributed by atoms with Crippen LogP contribution < -0.4 is 5.32 Å². The van der Waals surface area contributed by atoms with Gasteiger partial charge < -0.3 is 19.6 Å². The zero-order valence-electron chi connectivity index (χ0n) is 14.3. The molecule has 2 rings (SSSR count). The van der Waals surface area contributed by atoms with Gasteiger partial charge in [-0.15, -0.1) is 0 Å². The Bertz CT molecular complexity index is 737. The molecule has 1 atom stereocenters. The third kappa shape index (κ3) is 4.01. The Morgan fingerprint density at radius 1 is 1.38 bits per heavy atom. The van der Waals surface area contributed by atoms with E-state index in [1.54, 1.807) is 26.8 Å². The number of hydrogen-bond donors (Lipinski definition) is 2. The standard InChI is InChI=1S/C18H22FNO4/c1-11-7-15(12(2)24-11)18(3,22)10-20-17(21)13-5-6-16(19)14(8-13)9-23-4/h5-8,22H,9-10H2,1-4H3,(H,20,21). The van der Waals surface area contributed by atoms with Gasteiger partial charge in [-0.05, 0) is 45.0 Å². The summed E-state index contributed by atoms with van der Waals surface area (Å²) < 4.78 is 23.9. The number of rotatable bonds is 6. The summed E-state index contributed by atoms with van der Waals surface area (Å²) in [6.07, 6.45) is 0. The molecule has 24 heavy (non-hydrogen) atoms. The minimum absolute atomic E-state index is 0.00261. The number of methoxy groups -OCH3 is 1. The zero-order valence-corrected chi connectivity index (χ0v) is 14.3. The lowest BCUT2D eigenvalue weighted by Crippen LogP contribution is -2.38. The van der Waals surface area contributed by atoms with Crippen molar-refractivity contribution in [3.05, 3.63) is 58.3 Å². The zero-order chi connectivity index (χ0) is 17.9. The van der Waals surface area contributed by atoms with Crippen LogP contribution >= 0.6 is 0 Å². The smallest absolute Gasteiger partial charge is 0.251 e. The van der Waals surface area contributed by atoms with Gasteiger partial charge in [0.15, 0.2) is 0 Å². The summed E-state index contributed by atoms with van der Waals surface area (Å²) in [4.78, 5) is 12.3. The minimum atomic E-state index is -1.27. The summed E-state index contributed by atoms with van der Waals surface area (Å²) in [6, 6.07) is 5.81. The van der Waals surface area contributed by atoms with E-state index in [1.807, 2.05) is 0 Å². The molecule has 1 aromatic carbocycles. The Labute approximate surface area is 140 Å². The van der Waals surface area contributed by atoms with E-state index in [2.05, 4.69) is 5.32 Å². The summed E-state index contributed by atoms with van der Waals surface area (Å²) in [5.41, 5.74) is -0.0376. The molecule has 0 saturated carbocycles. The molecule has 0 spiro atoms. The van der Waals surface area contributed by atoms with E-state index in [9.17, 15) is 14.3 Å². The van der Waals surface area contributed by atoms with E-state index in [0.717, 1.165) is 0 Å². The first-order valence-electron chi connectivity index (χ1n) is 7.60. The molecule has 0 radical (unpaired) electrons. The molecular weight excluding hydrogens is 313 g/mol. The van der Waals surface area contributed by atoms with Gasteiger partial charge in [-0.3, -0.25) is 4.79 Å². The predicted molar refractivity (Wildman–Crippen MR) is 87.2 cm³/mol. The third-order valence-electron chi connectivity index (χ3n) is 3.82. The number of aryl methyl sites for hydroxylation is 2. The van der Waals surface area contributed by atoms with E-state index >= 15 is 0 Å². The maximum Gasteiger partial charge on any atom is 0.251 e. The van der Waals surface area contributed by atoms with E-state index < -0.39 is 17.3 Å². The Balaban J connectivity index is 2.10. The van der Waals surface area contributed by atoms with Gasteiger partial charge in [-0.25, -0.2) is 4.39 Å². The van der Waals surface area contributed by atoms with E-state index in [1.165, 1.54) is 25.3 Å². The van der Waals surface area contributed by atoms with Gasteiger partial charge in [-0.2, -0.15) is 0 Å². The molecule has 0 aliphatic rings. The summed E-state index contributed by atoms with van der Waals surface area (Å²) in [5.74, 6) is 0.475. The lowest BCUT2D eigenvalue weighted by atomic mass is 9.96. The molecule has 1 aromatic heterocycles. The Morgan fingerprint density at radius 2 is 2.08 bits per heavy atom. The molecular formula is C18H22FNO4. The second-order valence-electron chi connectivity index (χ2n) is 6.02. The van der Waals surface area contributed by atoms with Crippen LogP contribution in [0.3, 0.4) is 0 Å². The number of furan rings is 1. The van der Waals surface area contributed by atoms with Crippen molar-refractivity contribution in [3.63, 3.8) is 0 Å². The highest BCUT2D eigenvalue weighted by Gasteiger charge is 2.28. The van der Waals surface area contributed by atoms with E-state index in [0.29, 0.717) is 28.2 Å². The van der Waals surface area contributed by atoms with Crippen molar-refractivity contribution in [1.29, 1.82) is 0 Å². The fourth-order valence-corrected chi connectivity index (χ4v) is 2.60.